The molecule has 0 amide bonds. The lowest BCUT2D eigenvalue weighted by Crippen LogP contribution is -2.05. The van der Waals surface area contributed by atoms with Crippen molar-refractivity contribution in [2.75, 3.05) is 6.61 Å². The van der Waals surface area contributed by atoms with Crippen LogP contribution in [0, 0.1) is 0 Å². The molecule has 0 saturated carbocycles. The summed E-state index contributed by atoms with van der Waals surface area (Å²) in [5.41, 5.74) is 0.512. The number of hydrogen-bond acceptors (Lipinski definition) is 2. The van der Waals surface area contributed by atoms with Crippen LogP contribution < -0.4 is 0 Å². The lowest BCUT2D eigenvalue weighted by Gasteiger charge is -2.02. The summed E-state index contributed by atoms with van der Waals surface area (Å²) in [5.74, 6) is -0.330. The lowest BCUT2D eigenvalue weighted by atomic mass is 10.2. The zero-order chi connectivity index (χ0) is 10.4. The SMILES string of the molecule is C=CCCOC(=O)c1ccc(Cl)cc1. The molecule has 0 saturated heterocycles. The van der Waals surface area contributed by atoms with Crippen LogP contribution in [0.1, 0.15) is 16.8 Å². The van der Waals surface area contributed by atoms with Gasteiger partial charge in [0.2, 0.25) is 0 Å². The molecule has 0 atom stereocenters. The summed E-state index contributed by atoms with van der Waals surface area (Å²) in [4.78, 5) is 11.3. The van der Waals surface area contributed by atoms with Crippen LogP contribution in [0.15, 0.2) is 36.9 Å². The van der Waals surface area contributed by atoms with Gasteiger partial charge in [-0.3, -0.25) is 0 Å². The van der Waals surface area contributed by atoms with Gasteiger partial charge in [0.05, 0.1) is 12.2 Å². The standard InChI is InChI=1S/C11H11ClO2/c1-2-3-8-14-11(13)9-4-6-10(12)7-5-9/h2,4-7H,1,3,8H2. The average molecular weight is 211 g/mol. The minimum Gasteiger partial charge on any atom is -0.462 e. The first-order valence-corrected chi connectivity index (χ1v) is 4.65. The number of esters is 1. The highest BCUT2D eigenvalue weighted by Crippen LogP contribution is 2.10. The highest BCUT2D eigenvalue weighted by molar-refractivity contribution is 6.30. The van der Waals surface area contributed by atoms with Gasteiger partial charge in [-0.25, -0.2) is 4.79 Å². The smallest absolute Gasteiger partial charge is 0.338 e. The van der Waals surface area contributed by atoms with Crippen LogP contribution in [0.5, 0.6) is 0 Å². The Morgan fingerprint density at radius 2 is 2.07 bits per heavy atom. The number of carbonyl (C=O) groups excluding carboxylic acids is 1. The second-order valence-corrected chi connectivity index (χ2v) is 3.16. The van der Waals surface area contributed by atoms with Gasteiger partial charge in [-0.15, -0.1) is 6.58 Å². The van der Waals surface area contributed by atoms with E-state index >= 15 is 0 Å². The summed E-state index contributed by atoms with van der Waals surface area (Å²) in [5, 5.41) is 0.604. The highest BCUT2D eigenvalue weighted by Gasteiger charge is 2.05. The van der Waals surface area contributed by atoms with Gasteiger partial charge >= 0.3 is 5.97 Å². The lowest BCUT2D eigenvalue weighted by molar-refractivity contribution is 0.0512. The Balaban J connectivity index is 2.52. The number of rotatable bonds is 4. The first-order chi connectivity index (χ1) is 6.74. The van der Waals surface area contributed by atoms with Crippen LogP contribution in [0.3, 0.4) is 0 Å². The van der Waals surface area contributed by atoms with E-state index < -0.39 is 0 Å². The third-order valence-electron chi connectivity index (χ3n) is 1.64. The molecule has 0 unspecified atom stereocenters. The van der Waals surface area contributed by atoms with Gasteiger partial charge in [0.1, 0.15) is 0 Å². The Labute approximate surface area is 88.1 Å². The Bertz CT molecular complexity index is 317. The molecule has 0 radical (unpaired) electrons. The average Bonchev–Trinajstić information content (AvgIpc) is 2.19. The maximum Gasteiger partial charge on any atom is 0.338 e. The summed E-state index contributed by atoms with van der Waals surface area (Å²) in [7, 11) is 0. The van der Waals surface area contributed by atoms with E-state index in [1.165, 1.54) is 0 Å². The number of carbonyl (C=O) groups is 1. The molecule has 0 aromatic heterocycles. The summed E-state index contributed by atoms with van der Waals surface area (Å²) in [6.07, 6.45) is 2.37. The third-order valence-corrected chi connectivity index (χ3v) is 1.89. The Morgan fingerprint density at radius 1 is 1.43 bits per heavy atom. The monoisotopic (exact) mass is 210 g/mol. The predicted octanol–water partition coefficient (Wildman–Crippen LogP) is 3.07. The molecule has 3 heteroatoms. The van der Waals surface area contributed by atoms with E-state index in [2.05, 4.69) is 6.58 Å². The van der Waals surface area contributed by atoms with Crippen molar-refractivity contribution < 1.29 is 9.53 Å². The van der Waals surface area contributed by atoms with Crippen molar-refractivity contribution in [2.24, 2.45) is 0 Å². The molecule has 1 aromatic rings. The van der Waals surface area contributed by atoms with Crippen molar-refractivity contribution in [1.29, 1.82) is 0 Å². The van der Waals surface area contributed by atoms with Crippen molar-refractivity contribution in [1.82, 2.24) is 0 Å². The summed E-state index contributed by atoms with van der Waals surface area (Å²) in [6.45, 7) is 3.90. The molecule has 2 nitrogen and oxygen atoms in total. The summed E-state index contributed by atoms with van der Waals surface area (Å²) >= 11 is 5.68. The van der Waals surface area contributed by atoms with E-state index in [4.69, 9.17) is 16.3 Å². The van der Waals surface area contributed by atoms with Gasteiger partial charge in [-0.1, -0.05) is 17.7 Å². The van der Waals surface area contributed by atoms with Gasteiger partial charge in [-0.05, 0) is 30.7 Å². The minimum absolute atomic E-state index is 0.330. The Morgan fingerprint density at radius 3 is 2.64 bits per heavy atom. The molecule has 74 valence electrons. The molecule has 0 heterocycles. The maximum atomic E-state index is 11.3. The number of benzene rings is 1. The van der Waals surface area contributed by atoms with Crippen molar-refractivity contribution in [3.05, 3.63) is 47.5 Å². The van der Waals surface area contributed by atoms with Crippen LogP contribution in [0.25, 0.3) is 0 Å². The molecule has 0 N–H and O–H groups in total. The Hall–Kier alpha value is -1.28. The molecule has 1 aromatic carbocycles. The fourth-order valence-electron chi connectivity index (χ4n) is 0.904. The molecule has 0 bridgehead atoms. The quantitative estimate of drug-likeness (QED) is 0.434. The maximum absolute atomic E-state index is 11.3. The van der Waals surface area contributed by atoms with E-state index in [9.17, 15) is 4.79 Å². The molecule has 1 rings (SSSR count). The third kappa shape index (κ3) is 3.23. The van der Waals surface area contributed by atoms with Gasteiger partial charge in [-0.2, -0.15) is 0 Å². The summed E-state index contributed by atoms with van der Waals surface area (Å²) in [6, 6.07) is 6.59. The van der Waals surface area contributed by atoms with Crippen molar-refractivity contribution in [3.8, 4) is 0 Å². The first-order valence-electron chi connectivity index (χ1n) is 4.27. The molecule has 14 heavy (non-hydrogen) atoms. The van der Waals surface area contributed by atoms with E-state index in [0.29, 0.717) is 23.6 Å². The second-order valence-electron chi connectivity index (χ2n) is 2.72. The topological polar surface area (TPSA) is 26.3 Å². The molecular formula is C11H11ClO2. The summed E-state index contributed by atoms with van der Waals surface area (Å²) < 4.78 is 4.96. The van der Waals surface area contributed by atoms with Crippen LogP contribution in [-0.4, -0.2) is 12.6 Å². The van der Waals surface area contributed by atoms with Gasteiger partial charge in [0.25, 0.3) is 0 Å². The molecule has 0 aliphatic rings. The van der Waals surface area contributed by atoms with Crippen LogP contribution >= 0.6 is 11.6 Å². The number of halogens is 1. The van der Waals surface area contributed by atoms with Gasteiger partial charge < -0.3 is 4.74 Å². The van der Waals surface area contributed by atoms with E-state index in [-0.39, 0.29) is 5.97 Å². The molecule has 0 fully saturated rings. The van der Waals surface area contributed by atoms with E-state index in [1.54, 1.807) is 30.3 Å². The molecule has 0 aliphatic heterocycles. The molecule has 0 aliphatic carbocycles. The zero-order valence-corrected chi connectivity index (χ0v) is 8.46. The van der Waals surface area contributed by atoms with Gasteiger partial charge in [0, 0.05) is 5.02 Å². The van der Waals surface area contributed by atoms with Crippen LogP contribution in [0.2, 0.25) is 5.02 Å². The van der Waals surface area contributed by atoms with Gasteiger partial charge in [0.15, 0.2) is 0 Å². The van der Waals surface area contributed by atoms with E-state index in [1.807, 2.05) is 0 Å². The highest BCUT2D eigenvalue weighted by atomic mass is 35.5. The number of ether oxygens (including phenoxy) is 1. The predicted molar refractivity (Wildman–Crippen MR) is 56.5 cm³/mol. The Kier molecular flexibility index (Phi) is 4.20. The normalized spacial score (nSPS) is 9.50. The van der Waals surface area contributed by atoms with Crippen molar-refractivity contribution in [3.63, 3.8) is 0 Å². The van der Waals surface area contributed by atoms with Crippen LogP contribution in [0.4, 0.5) is 0 Å². The zero-order valence-electron chi connectivity index (χ0n) is 7.70. The number of hydrogen-bond donors (Lipinski definition) is 0. The molecular weight excluding hydrogens is 200 g/mol. The fraction of sp³-hybridized carbons (Fsp3) is 0.182. The fourth-order valence-corrected chi connectivity index (χ4v) is 1.03. The van der Waals surface area contributed by atoms with Crippen molar-refractivity contribution in [2.45, 2.75) is 6.42 Å². The minimum atomic E-state index is -0.330. The molecule has 0 spiro atoms. The second kappa shape index (κ2) is 5.45. The van der Waals surface area contributed by atoms with E-state index in [0.717, 1.165) is 0 Å². The van der Waals surface area contributed by atoms with Crippen molar-refractivity contribution >= 4 is 17.6 Å². The largest absolute Gasteiger partial charge is 0.462 e. The van der Waals surface area contributed by atoms with Crippen LogP contribution in [-0.2, 0) is 4.74 Å². The first kappa shape index (κ1) is 10.8.